The minimum absolute atomic E-state index is 0.249. The summed E-state index contributed by atoms with van der Waals surface area (Å²) in [6.45, 7) is 0. The Morgan fingerprint density at radius 1 is 1.14 bits per heavy atom. The van der Waals surface area contributed by atoms with Crippen LogP contribution in [-0.4, -0.2) is 28.6 Å². The second kappa shape index (κ2) is 5.54. The van der Waals surface area contributed by atoms with E-state index < -0.39 is 10.0 Å². The Morgan fingerprint density at radius 3 is 2.48 bits per heavy atom. The van der Waals surface area contributed by atoms with Crippen molar-refractivity contribution in [1.29, 1.82) is 0 Å². The minimum Gasteiger partial charge on any atom is -0.279 e. The fraction of sp³-hybridized carbons (Fsp3) is 0. The van der Waals surface area contributed by atoms with Gasteiger partial charge in [0.2, 0.25) is 0 Å². The van der Waals surface area contributed by atoms with Gasteiger partial charge in [-0.25, -0.2) is 13.1 Å². The third-order valence-corrected chi connectivity index (χ3v) is 6.04. The molecule has 0 bridgehead atoms. The number of anilines is 1. The molecule has 2 heterocycles. The van der Waals surface area contributed by atoms with Crippen LogP contribution in [0.4, 0.5) is 5.69 Å². The number of benzene rings is 1. The highest BCUT2D eigenvalue weighted by molar-refractivity contribution is 9.11. The molecular weight excluding hydrogens is 378 g/mol. The molecule has 0 amide bonds. The number of aromatic nitrogens is 4. The lowest BCUT2D eigenvalue weighted by Gasteiger charge is -2.07. The highest BCUT2D eigenvalue weighted by Gasteiger charge is 2.16. The number of nitrogens with zero attached hydrogens (tertiary/aromatic N) is 4. The monoisotopic (exact) mass is 385 g/mol. The van der Waals surface area contributed by atoms with E-state index >= 15 is 0 Å². The molecule has 10 heteroatoms. The zero-order valence-electron chi connectivity index (χ0n) is 10.3. The zero-order valence-corrected chi connectivity index (χ0v) is 13.6. The van der Waals surface area contributed by atoms with Crippen LogP contribution in [-0.2, 0) is 10.0 Å². The van der Waals surface area contributed by atoms with Crippen molar-refractivity contribution in [2.75, 3.05) is 4.72 Å². The van der Waals surface area contributed by atoms with Crippen LogP contribution in [0.5, 0.6) is 0 Å². The third-order valence-electron chi connectivity index (χ3n) is 2.55. The first kappa shape index (κ1) is 14.2. The summed E-state index contributed by atoms with van der Waals surface area (Å²) in [6, 6.07) is 9.98. The second-order valence-electron chi connectivity index (χ2n) is 3.97. The second-order valence-corrected chi connectivity index (χ2v) is 8.34. The van der Waals surface area contributed by atoms with E-state index in [9.17, 15) is 8.42 Å². The predicted octanol–water partition coefficient (Wildman–Crippen LogP) is 2.29. The number of sulfonamides is 1. The van der Waals surface area contributed by atoms with E-state index in [-0.39, 0.29) is 4.21 Å². The quantitative estimate of drug-likeness (QED) is 0.743. The maximum absolute atomic E-state index is 12.2. The van der Waals surface area contributed by atoms with E-state index in [0.29, 0.717) is 5.69 Å². The summed E-state index contributed by atoms with van der Waals surface area (Å²) in [5.41, 5.74) is 1.21. The Balaban J connectivity index is 1.82. The Hall–Kier alpha value is -1.78. The van der Waals surface area contributed by atoms with Gasteiger partial charge in [-0.2, -0.15) is 0 Å². The number of nitrogens with one attached hydrogen (secondary N) is 1. The molecule has 0 unspecified atom stereocenters. The summed E-state index contributed by atoms with van der Waals surface area (Å²) in [6.07, 6.45) is 1.46. The Labute approximate surface area is 132 Å². The largest absolute Gasteiger partial charge is 0.279 e. The lowest BCUT2D eigenvalue weighted by Crippen LogP contribution is -2.11. The molecule has 1 N–H and O–H groups in total. The maximum Gasteiger partial charge on any atom is 0.271 e. The van der Waals surface area contributed by atoms with Gasteiger partial charge in [0.15, 0.2) is 0 Å². The first-order valence-corrected chi connectivity index (χ1v) is 8.75. The number of hydrogen-bond acceptors (Lipinski definition) is 6. The van der Waals surface area contributed by atoms with Crippen LogP contribution >= 0.6 is 27.3 Å². The number of halogens is 1. The molecule has 0 atom stereocenters. The van der Waals surface area contributed by atoms with Gasteiger partial charge in [-0.3, -0.25) is 4.72 Å². The summed E-state index contributed by atoms with van der Waals surface area (Å²) in [5.74, 6) is 0. The van der Waals surface area contributed by atoms with E-state index in [1.165, 1.54) is 11.0 Å². The van der Waals surface area contributed by atoms with E-state index in [1.807, 2.05) is 0 Å². The minimum atomic E-state index is -3.57. The molecule has 0 spiro atoms. The lowest BCUT2D eigenvalue weighted by molar-refractivity contribution is 0.603. The van der Waals surface area contributed by atoms with Crippen molar-refractivity contribution >= 4 is 43.0 Å². The van der Waals surface area contributed by atoms with Crippen LogP contribution < -0.4 is 4.72 Å². The average molecular weight is 386 g/mol. The molecule has 0 radical (unpaired) electrons. The molecule has 0 saturated heterocycles. The topological polar surface area (TPSA) is 89.8 Å². The first-order chi connectivity index (χ1) is 10.0. The van der Waals surface area contributed by atoms with Crippen molar-refractivity contribution in [3.8, 4) is 5.69 Å². The van der Waals surface area contributed by atoms with Crippen molar-refractivity contribution in [3.63, 3.8) is 0 Å². The number of thiophene rings is 1. The summed E-state index contributed by atoms with van der Waals surface area (Å²) in [7, 11) is -3.57. The Kier molecular flexibility index (Phi) is 3.74. The third kappa shape index (κ3) is 3.12. The molecule has 3 rings (SSSR count). The van der Waals surface area contributed by atoms with E-state index in [4.69, 9.17) is 0 Å². The number of hydrogen-bond donors (Lipinski definition) is 1. The molecule has 2 aromatic heterocycles. The Morgan fingerprint density at radius 2 is 1.90 bits per heavy atom. The molecule has 0 aliphatic rings. The molecule has 0 saturated carbocycles. The molecule has 0 aliphatic carbocycles. The fourth-order valence-electron chi connectivity index (χ4n) is 1.61. The summed E-state index contributed by atoms with van der Waals surface area (Å²) in [5, 5.41) is 10.8. The van der Waals surface area contributed by atoms with E-state index in [2.05, 4.69) is 36.2 Å². The summed E-state index contributed by atoms with van der Waals surface area (Å²) >= 11 is 4.40. The van der Waals surface area contributed by atoms with Crippen molar-refractivity contribution < 1.29 is 8.42 Å². The molecule has 7 nitrogen and oxygen atoms in total. The van der Waals surface area contributed by atoms with E-state index in [1.54, 1.807) is 36.4 Å². The van der Waals surface area contributed by atoms with Gasteiger partial charge in [-0.05, 0) is 62.8 Å². The van der Waals surface area contributed by atoms with Gasteiger partial charge in [0.05, 0.1) is 9.47 Å². The van der Waals surface area contributed by atoms with Crippen LogP contribution in [0.2, 0.25) is 0 Å². The standard InChI is InChI=1S/C11H8BrN5O2S2/c12-10-5-6-11(20-10)21(18,19)14-8-1-3-9(4-2-8)17-7-13-15-16-17/h1-7,14H. The molecule has 108 valence electrons. The maximum atomic E-state index is 12.2. The van der Waals surface area contributed by atoms with Gasteiger partial charge in [-0.1, -0.05) is 0 Å². The van der Waals surface area contributed by atoms with Gasteiger partial charge in [-0.15, -0.1) is 16.4 Å². The van der Waals surface area contributed by atoms with Gasteiger partial charge in [0, 0.05) is 5.69 Å². The zero-order chi connectivity index (χ0) is 14.9. The fourth-order valence-corrected chi connectivity index (χ4v) is 4.68. The van der Waals surface area contributed by atoms with Crippen LogP contribution in [0.25, 0.3) is 5.69 Å². The average Bonchev–Trinajstić information content (AvgIpc) is 3.10. The van der Waals surface area contributed by atoms with Gasteiger partial charge in [0.1, 0.15) is 10.5 Å². The molecule has 0 aliphatic heterocycles. The molecular formula is C11H8BrN5O2S2. The molecule has 0 fully saturated rings. The molecule has 3 aromatic rings. The van der Waals surface area contributed by atoms with Crippen LogP contribution in [0, 0.1) is 0 Å². The van der Waals surface area contributed by atoms with Crippen molar-refractivity contribution in [1.82, 2.24) is 20.2 Å². The normalized spacial score (nSPS) is 11.5. The molecule has 1 aromatic carbocycles. The number of rotatable bonds is 4. The predicted molar refractivity (Wildman–Crippen MR) is 82.0 cm³/mol. The summed E-state index contributed by atoms with van der Waals surface area (Å²) in [4.78, 5) is 0. The number of tetrazole rings is 1. The van der Waals surface area contributed by atoms with Crippen LogP contribution in [0.15, 0.2) is 50.7 Å². The smallest absolute Gasteiger partial charge is 0.271 e. The highest BCUT2D eigenvalue weighted by Crippen LogP contribution is 2.27. The van der Waals surface area contributed by atoms with Crippen LogP contribution in [0.1, 0.15) is 0 Å². The first-order valence-electron chi connectivity index (χ1n) is 5.66. The van der Waals surface area contributed by atoms with Gasteiger partial charge >= 0.3 is 0 Å². The molecule has 21 heavy (non-hydrogen) atoms. The highest BCUT2D eigenvalue weighted by atomic mass is 79.9. The van der Waals surface area contributed by atoms with E-state index in [0.717, 1.165) is 20.8 Å². The van der Waals surface area contributed by atoms with Crippen molar-refractivity contribution in [2.45, 2.75) is 4.21 Å². The Bertz CT molecular complexity index is 843. The van der Waals surface area contributed by atoms with Crippen molar-refractivity contribution in [3.05, 3.63) is 46.5 Å². The van der Waals surface area contributed by atoms with Crippen LogP contribution in [0.3, 0.4) is 0 Å². The van der Waals surface area contributed by atoms with Gasteiger partial charge < -0.3 is 0 Å². The van der Waals surface area contributed by atoms with Crippen molar-refractivity contribution in [2.24, 2.45) is 0 Å². The lowest BCUT2D eigenvalue weighted by atomic mass is 10.3. The van der Waals surface area contributed by atoms with Gasteiger partial charge in [0.25, 0.3) is 10.0 Å². The summed E-state index contributed by atoms with van der Waals surface area (Å²) < 4.78 is 29.4. The SMILES string of the molecule is O=S(=O)(Nc1ccc(-n2cnnn2)cc1)c1ccc(Br)s1.